The predicted octanol–water partition coefficient (Wildman–Crippen LogP) is 2.52. The molecular formula is C18H24N2O3. The Balaban J connectivity index is 1.35. The largest absolute Gasteiger partial charge is 0.493 e. The van der Waals surface area contributed by atoms with E-state index in [-0.39, 0.29) is 11.6 Å². The molecule has 2 fully saturated rings. The van der Waals surface area contributed by atoms with Crippen LogP contribution >= 0.6 is 0 Å². The lowest BCUT2D eigenvalue weighted by Gasteiger charge is -2.48. The van der Waals surface area contributed by atoms with Gasteiger partial charge in [0.1, 0.15) is 5.75 Å². The number of hydrogen-bond acceptors (Lipinski definition) is 3. The highest BCUT2D eigenvalue weighted by molar-refractivity contribution is 5.74. The number of carbonyl (C=O) groups excluding carboxylic acids is 1. The quantitative estimate of drug-likeness (QED) is 0.912. The Hall–Kier alpha value is -1.75. The minimum absolute atomic E-state index is 0.0408. The van der Waals surface area contributed by atoms with Crippen molar-refractivity contribution in [2.24, 2.45) is 0 Å². The van der Waals surface area contributed by atoms with Gasteiger partial charge >= 0.3 is 6.03 Å². The van der Waals surface area contributed by atoms with Gasteiger partial charge < -0.3 is 19.7 Å². The van der Waals surface area contributed by atoms with Crippen molar-refractivity contribution in [2.75, 3.05) is 32.8 Å². The normalized spacial score (nSPS) is 25.2. The Morgan fingerprint density at radius 1 is 1.30 bits per heavy atom. The Morgan fingerprint density at radius 3 is 3.00 bits per heavy atom. The lowest BCUT2D eigenvalue weighted by atomic mass is 9.79. The Labute approximate surface area is 136 Å². The van der Waals surface area contributed by atoms with Gasteiger partial charge in [0.2, 0.25) is 0 Å². The Morgan fingerprint density at radius 2 is 2.17 bits per heavy atom. The summed E-state index contributed by atoms with van der Waals surface area (Å²) in [5, 5.41) is 3.12. The van der Waals surface area contributed by atoms with Crippen molar-refractivity contribution < 1.29 is 14.3 Å². The Bertz CT molecular complexity index is 585. The van der Waals surface area contributed by atoms with Crippen LogP contribution in [0.25, 0.3) is 0 Å². The molecule has 2 amide bonds. The molecule has 1 N–H and O–H groups in total. The second kappa shape index (κ2) is 6.04. The number of fused-ring (bicyclic) bond motifs is 1. The average Bonchev–Trinajstić information content (AvgIpc) is 2.58. The summed E-state index contributed by atoms with van der Waals surface area (Å²) in [6.45, 7) is 3.48. The zero-order valence-electron chi connectivity index (χ0n) is 13.4. The molecule has 1 saturated heterocycles. The lowest BCUT2D eigenvalue weighted by molar-refractivity contribution is -0.141. The number of morpholine rings is 1. The minimum Gasteiger partial charge on any atom is -0.493 e. The molecule has 0 unspecified atom stereocenters. The molecule has 2 heterocycles. The van der Waals surface area contributed by atoms with Crippen LogP contribution in [0.15, 0.2) is 24.3 Å². The second-order valence-electron chi connectivity index (χ2n) is 6.86. The van der Waals surface area contributed by atoms with Gasteiger partial charge in [0.25, 0.3) is 0 Å². The Kier molecular flexibility index (Phi) is 3.89. The summed E-state index contributed by atoms with van der Waals surface area (Å²) in [7, 11) is 0. The van der Waals surface area contributed by atoms with E-state index in [4.69, 9.17) is 9.47 Å². The van der Waals surface area contributed by atoms with E-state index in [1.807, 2.05) is 23.1 Å². The zero-order chi connectivity index (χ0) is 15.7. The van der Waals surface area contributed by atoms with Crippen molar-refractivity contribution in [1.29, 1.82) is 0 Å². The fourth-order valence-electron chi connectivity index (χ4n) is 3.84. The van der Waals surface area contributed by atoms with Crippen LogP contribution in [0, 0.1) is 0 Å². The van der Waals surface area contributed by atoms with E-state index in [1.54, 1.807) is 0 Å². The summed E-state index contributed by atoms with van der Waals surface area (Å²) in [6, 6.07) is 8.18. The van der Waals surface area contributed by atoms with Gasteiger partial charge in [-0.1, -0.05) is 18.2 Å². The van der Waals surface area contributed by atoms with E-state index in [1.165, 1.54) is 12.0 Å². The third-order valence-corrected chi connectivity index (χ3v) is 5.38. The van der Waals surface area contributed by atoms with E-state index in [2.05, 4.69) is 11.4 Å². The first kappa shape index (κ1) is 14.8. The van der Waals surface area contributed by atoms with Gasteiger partial charge in [-0.2, -0.15) is 0 Å². The molecule has 0 radical (unpaired) electrons. The van der Waals surface area contributed by atoms with Crippen molar-refractivity contribution >= 4 is 6.03 Å². The van der Waals surface area contributed by atoms with E-state index in [0.29, 0.717) is 25.6 Å². The standard InChI is InChI=1S/C18H24N2O3/c21-17(20-9-11-23-18(13-20)7-3-8-18)19-12-14-6-10-22-16-5-2-1-4-15(14)16/h1-2,4-5,14H,3,6-13H2,(H,19,21)/t14-/m0/s1. The molecule has 1 saturated carbocycles. The van der Waals surface area contributed by atoms with Crippen LogP contribution in [0.4, 0.5) is 4.79 Å². The van der Waals surface area contributed by atoms with Crippen LogP contribution in [0.3, 0.4) is 0 Å². The maximum atomic E-state index is 12.5. The van der Waals surface area contributed by atoms with Gasteiger partial charge in [0, 0.05) is 19.0 Å². The SMILES string of the molecule is O=C(NC[C@@H]1CCOc2ccccc21)N1CCOC2(CCC2)C1. The molecule has 0 aromatic heterocycles. The number of urea groups is 1. The number of nitrogens with zero attached hydrogens (tertiary/aromatic N) is 1. The summed E-state index contributed by atoms with van der Waals surface area (Å²) in [5.74, 6) is 1.29. The summed E-state index contributed by atoms with van der Waals surface area (Å²) in [6.07, 6.45) is 4.34. The second-order valence-corrected chi connectivity index (χ2v) is 6.86. The van der Waals surface area contributed by atoms with Gasteiger partial charge in [0.05, 0.1) is 25.4 Å². The molecule has 124 valence electrons. The number of ether oxygens (including phenoxy) is 2. The number of rotatable bonds is 2. The first-order valence-corrected chi connectivity index (χ1v) is 8.64. The average molecular weight is 316 g/mol. The zero-order valence-corrected chi connectivity index (χ0v) is 13.4. The van der Waals surface area contributed by atoms with Gasteiger partial charge in [-0.3, -0.25) is 0 Å². The van der Waals surface area contributed by atoms with Gasteiger partial charge in [0.15, 0.2) is 0 Å². The highest BCUT2D eigenvalue weighted by atomic mass is 16.5. The van der Waals surface area contributed by atoms with E-state index in [0.717, 1.165) is 38.2 Å². The number of para-hydroxylation sites is 1. The third-order valence-electron chi connectivity index (χ3n) is 5.38. The van der Waals surface area contributed by atoms with E-state index < -0.39 is 0 Å². The molecule has 1 atom stereocenters. The number of benzene rings is 1. The first-order valence-electron chi connectivity index (χ1n) is 8.64. The van der Waals surface area contributed by atoms with Crippen molar-refractivity contribution in [2.45, 2.75) is 37.2 Å². The van der Waals surface area contributed by atoms with Crippen molar-refractivity contribution in [3.8, 4) is 5.75 Å². The fraction of sp³-hybridized carbons (Fsp3) is 0.611. The number of amides is 2. The smallest absolute Gasteiger partial charge is 0.317 e. The van der Waals surface area contributed by atoms with Crippen LogP contribution in [-0.2, 0) is 4.74 Å². The molecule has 5 nitrogen and oxygen atoms in total. The lowest BCUT2D eigenvalue weighted by Crippen LogP contribution is -2.59. The van der Waals surface area contributed by atoms with Crippen LogP contribution < -0.4 is 10.1 Å². The summed E-state index contributed by atoms with van der Waals surface area (Å²) in [4.78, 5) is 14.4. The highest BCUT2D eigenvalue weighted by Crippen LogP contribution is 2.38. The first-order chi connectivity index (χ1) is 11.3. The number of hydrogen-bond donors (Lipinski definition) is 1. The summed E-state index contributed by atoms with van der Waals surface area (Å²) in [5.41, 5.74) is 1.16. The fourth-order valence-corrected chi connectivity index (χ4v) is 3.84. The minimum atomic E-state index is -0.0408. The third kappa shape index (κ3) is 2.90. The summed E-state index contributed by atoms with van der Waals surface area (Å²) >= 11 is 0. The monoisotopic (exact) mass is 316 g/mol. The highest BCUT2D eigenvalue weighted by Gasteiger charge is 2.43. The molecule has 5 heteroatoms. The maximum Gasteiger partial charge on any atom is 0.317 e. The number of nitrogens with one attached hydrogen (secondary N) is 1. The molecule has 1 spiro atoms. The molecule has 23 heavy (non-hydrogen) atoms. The predicted molar refractivity (Wildman–Crippen MR) is 86.8 cm³/mol. The molecule has 2 aliphatic heterocycles. The summed E-state index contributed by atoms with van der Waals surface area (Å²) < 4.78 is 11.6. The van der Waals surface area contributed by atoms with Crippen molar-refractivity contribution in [3.05, 3.63) is 29.8 Å². The van der Waals surface area contributed by atoms with Gasteiger partial charge in [-0.25, -0.2) is 4.79 Å². The maximum absolute atomic E-state index is 12.5. The van der Waals surface area contributed by atoms with E-state index in [9.17, 15) is 4.79 Å². The van der Waals surface area contributed by atoms with Crippen LogP contribution in [0.2, 0.25) is 0 Å². The number of carbonyl (C=O) groups is 1. The van der Waals surface area contributed by atoms with Crippen LogP contribution in [0.5, 0.6) is 5.75 Å². The van der Waals surface area contributed by atoms with Crippen molar-refractivity contribution in [3.63, 3.8) is 0 Å². The van der Waals surface area contributed by atoms with Gasteiger partial charge in [-0.15, -0.1) is 0 Å². The molecule has 1 aliphatic carbocycles. The topological polar surface area (TPSA) is 50.8 Å². The van der Waals surface area contributed by atoms with Crippen molar-refractivity contribution in [1.82, 2.24) is 10.2 Å². The van der Waals surface area contributed by atoms with E-state index >= 15 is 0 Å². The molecular weight excluding hydrogens is 292 g/mol. The molecule has 0 bridgehead atoms. The molecule has 1 aromatic carbocycles. The van der Waals surface area contributed by atoms with Crippen LogP contribution in [0.1, 0.15) is 37.2 Å². The molecule has 4 rings (SSSR count). The molecule has 3 aliphatic rings. The van der Waals surface area contributed by atoms with Gasteiger partial charge in [-0.05, 0) is 37.3 Å². The molecule has 1 aromatic rings. The van der Waals surface area contributed by atoms with Crippen LogP contribution in [-0.4, -0.2) is 49.4 Å².